The molecule has 0 unspecified atom stereocenters. The van der Waals surface area contributed by atoms with Crippen LogP contribution in [0.2, 0.25) is 5.02 Å². The van der Waals surface area contributed by atoms with Crippen molar-refractivity contribution in [1.82, 2.24) is 14.8 Å². The van der Waals surface area contributed by atoms with E-state index in [4.69, 9.17) is 16.0 Å². The highest BCUT2D eigenvalue weighted by molar-refractivity contribution is 6.31. The van der Waals surface area contributed by atoms with Crippen LogP contribution in [0, 0.1) is 5.82 Å². The van der Waals surface area contributed by atoms with Crippen LogP contribution in [0.15, 0.2) is 72.0 Å². The summed E-state index contributed by atoms with van der Waals surface area (Å²) in [6, 6.07) is 7.07. The lowest BCUT2D eigenvalue weighted by Gasteiger charge is -2.26. The maximum Gasteiger partial charge on any atom is 0.178 e. The first-order valence-electron chi connectivity index (χ1n) is 13.3. The smallest absolute Gasteiger partial charge is 0.178 e. The van der Waals surface area contributed by atoms with Crippen molar-refractivity contribution in [2.45, 2.75) is 19.3 Å². The van der Waals surface area contributed by atoms with E-state index in [-0.39, 0.29) is 5.82 Å². The highest BCUT2D eigenvalue weighted by atomic mass is 35.5. The normalized spacial score (nSPS) is 14.0. The molecule has 0 spiro atoms. The molecule has 3 aliphatic rings. The lowest BCUT2D eigenvalue weighted by molar-refractivity contribution is 0.343. The van der Waals surface area contributed by atoms with Gasteiger partial charge in [0.05, 0.1) is 11.2 Å². The summed E-state index contributed by atoms with van der Waals surface area (Å²) in [6.07, 6.45) is 10.9. The first kappa shape index (κ1) is 26.9. The van der Waals surface area contributed by atoms with Gasteiger partial charge in [0, 0.05) is 60.6 Å². The average Bonchev–Trinajstić information content (AvgIpc) is 3.43. The molecule has 3 aliphatic heterocycles. The van der Waals surface area contributed by atoms with Gasteiger partial charge in [0.1, 0.15) is 5.69 Å². The number of allylic oxidation sites excluding steroid dienone is 2. The number of halogens is 2. The van der Waals surface area contributed by atoms with E-state index in [1.807, 2.05) is 47.0 Å². The Hall–Kier alpha value is -3.70. The van der Waals surface area contributed by atoms with E-state index in [1.54, 1.807) is 18.2 Å². The summed E-state index contributed by atoms with van der Waals surface area (Å²) < 4.78 is 24.3. The third-order valence-electron chi connectivity index (χ3n) is 7.38. The average molecular weight is 545 g/mol. The van der Waals surface area contributed by atoms with Crippen molar-refractivity contribution >= 4 is 51.6 Å². The summed E-state index contributed by atoms with van der Waals surface area (Å²) >= 11 is 6.34. The largest absolute Gasteiger partial charge is 0.451 e. The van der Waals surface area contributed by atoms with Gasteiger partial charge in [-0.2, -0.15) is 0 Å². The minimum atomic E-state index is -0.373. The summed E-state index contributed by atoms with van der Waals surface area (Å²) in [5.74, 6) is -0.373. The number of anilines is 1. The second kappa shape index (κ2) is 11.6. The highest BCUT2D eigenvalue weighted by Crippen LogP contribution is 2.39. The number of rotatable bonds is 10. The molecule has 3 heterocycles. The predicted octanol–water partition coefficient (Wildman–Crippen LogP) is 6.68. The summed E-state index contributed by atoms with van der Waals surface area (Å²) in [5, 5.41) is 5.39. The van der Waals surface area contributed by atoms with Crippen LogP contribution in [0.25, 0.3) is 40.0 Å². The molecule has 0 bridgehead atoms. The molecule has 5 rings (SSSR count). The molecule has 0 saturated carbocycles. The van der Waals surface area contributed by atoms with E-state index < -0.39 is 0 Å². The van der Waals surface area contributed by atoms with Crippen molar-refractivity contribution in [3.63, 3.8) is 0 Å². The molecule has 5 nitrogen and oxygen atoms in total. The van der Waals surface area contributed by atoms with E-state index in [0.29, 0.717) is 39.0 Å². The number of benzene rings is 2. The molecule has 1 fully saturated rings. The molecule has 0 aliphatic carbocycles. The SMILES string of the molecule is C=C=C/C=C/CCN(C)c1c(F)cc2c3c1oc1cc(Cl)ccc1n-3cc(C(=C)NCCN1CCCC1)c2=C. The first-order valence-corrected chi connectivity index (χ1v) is 13.7. The number of nitrogens with one attached hydrogen (secondary N) is 1. The molecule has 0 radical (unpaired) electrons. The third kappa shape index (κ3) is 5.41. The van der Waals surface area contributed by atoms with E-state index in [0.717, 1.165) is 55.1 Å². The molecule has 7 heteroatoms. The fraction of sp³-hybridized carbons (Fsp3) is 0.281. The zero-order valence-electron chi connectivity index (χ0n) is 22.4. The Morgan fingerprint density at radius 3 is 2.85 bits per heavy atom. The molecule has 0 atom stereocenters. The van der Waals surface area contributed by atoms with E-state index in [9.17, 15) is 0 Å². The van der Waals surface area contributed by atoms with Gasteiger partial charge in [-0.05, 0) is 61.8 Å². The minimum absolute atomic E-state index is 0.373. The Morgan fingerprint density at radius 2 is 2.08 bits per heavy atom. The molecule has 1 saturated heterocycles. The number of likely N-dealkylation sites (tertiary alicyclic amines) is 1. The number of pyridine rings is 1. The number of aromatic nitrogens is 1. The number of hydrogen-bond acceptors (Lipinski definition) is 4. The van der Waals surface area contributed by atoms with Crippen LogP contribution in [0.3, 0.4) is 0 Å². The lowest BCUT2D eigenvalue weighted by atomic mass is 10.0. The van der Waals surface area contributed by atoms with Gasteiger partial charge in [-0.25, -0.2) is 4.39 Å². The molecule has 2 aromatic carbocycles. The van der Waals surface area contributed by atoms with E-state index in [2.05, 4.69) is 35.7 Å². The van der Waals surface area contributed by atoms with Gasteiger partial charge in [0.25, 0.3) is 0 Å². The van der Waals surface area contributed by atoms with Gasteiger partial charge in [0.2, 0.25) is 0 Å². The zero-order chi connectivity index (χ0) is 27.5. The topological polar surface area (TPSA) is 36.6 Å². The maximum atomic E-state index is 15.9. The second-order valence-corrected chi connectivity index (χ2v) is 10.4. The summed E-state index contributed by atoms with van der Waals surface area (Å²) in [5.41, 5.74) is 7.29. The minimum Gasteiger partial charge on any atom is -0.451 e. The molecular weight excluding hydrogens is 511 g/mol. The van der Waals surface area contributed by atoms with Crippen LogP contribution in [0.5, 0.6) is 0 Å². The van der Waals surface area contributed by atoms with Gasteiger partial charge >= 0.3 is 0 Å². The molecule has 39 heavy (non-hydrogen) atoms. The molecular formula is C32H34ClFN4O. The molecule has 0 aromatic heterocycles. The van der Waals surface area contributed by atoms with Crippen LogP contribution < -0.4 is 15.4 Å². The van der Waals surface area contributed by atoms with Crippen molar-refractivity contribution < 1.29 is 8.81 Å². The van der Waals surface area contributed by atoms with E-state index >= 15 is 4.39 Å². The Bertz CT molecular complexity index is 1640. The monoisotopic (exact) mass is 544 g/mol. The fourth-order valence-corrected chi connectivity index (χ4v) is 5.51. The van der Waals surface area contributed by atoms with Crippen molar-refractivity contribution in [3.05, 3.63) is 89.2 Å². The van der Waals surface area contributed by atoms with E-state index in [1.165, 1.54) is 12.8 Å². The van der Waals surface area contributed by atoms with Gasteiger partial charge in [-0.3, -0.25) is 0 Å². The number of fused-ring (bicyclic) bond motifs is 2. The highest BCUT2D eigenvalue weighted by Gasteiger charge is 2.25. The molecule has 0 amide bonds. The van der Waals surface area contributed by atoms with Gasteiger partial charge in [0.15, 0.2) is 17.0 Å². The van der Waals surface area contributed by atoms with Crippen LogP contribution in [0.4, 0.5) is 10.1 Å². The molecule has 1 N–H and O–H groups in total. The predicted molar refractivity (Wildman–Crippen MR) is 162 cm³/mol. The number of hydrogen-bond donors (Lipinski definition) is 1. The van der Waals surface area contributed by atoms with Gasteiger partial charge < -0.3 is 24.1 Å². The summed E-state index contributed by atoms with van der Waals surface area (Å²) in [4.78, 5) is 4.33. The second-order valence-electron chi connectivity index (χ2n) is 10.0. The summed E-state index contributed by atoms with van der Waals surface area (Å²) in [6.45, 7) is 16.9. The first-order chi connectivity index (χ1) is 18.9. The van der Waals surface area contributed by atoms with Crippen molar-refractivity contribution in [2.24, 2.45) is 0 Å². The Labute approximate surface area is 233 Å². The quantitative estimate of drug-likeness (QED) is 0.105. The van der Waals surface area contributed by atoms with Crippen LogP contribution in [-0.2, 0) is 0 Å². The number of nitrogens with zero attached hydrogens (tertiary/aromatic N) is 3. The Morgan fingerprint density at radius 1 is 1.28 bits per heavy atom. The fourth-order valence-electron chi connectivity index (χ4n) is 5.35. The van der Waals surface area contributed by atoms with Crippen LogP contribution >= 0.6 is 11.6 Å². The molecule has 2 aromatic rings. The summed E-state index contributed by atoms with van der Waals surface area (Å²) in [7, 11) is 1.87. The van der Waals surface area contributed by atoms with Crippen molar-refractivity contribution in [1.29, 1.82) is 0 Å². The standard InChI is InChI=1S/C32H34ClFN4O/c1-5-6-7-8-9-15-36(4)31-27(34)20-25-22(2)26(23(3)35-14-18-37-16-10-11-17-37)21-38-28-13-12-24(33)19-29(28)39-32(31)30(25)38/h6-8,12-13,19-21,35H,1-3,9-11,14-18H2,4H3/b8-7+. The zero-order valence-corrected chi connectivity index (χ0v) is 23.2. The Balaban J connectivity index is 1.61. The van der Waals surface area contributed by atoms with Crippen molar-refractivity contribution in [3.8, 4) is 5.69 Å². The Kier molecular flexibility index (Phi) is 7.99. The molecule has 202 valence electrons. The van der Waals surface area contributed by atoms with Gasteiger partial charge in [-0.1, -0.05) is 43.5 Å². The third-order valence-corrected chi connectivity index (χ3v) is 7.61. The van der Waals surface area contributed by atoms with Gasteiger partial charge in [-0.15, -0.1) is 5.73 Å². The lowest BCUT2D eigenvalue weighted by Crippen LogP contribution is -2.30. The van der Waals surface area contributed by atoms with Crippen LogP contribution in [0.1, 0.15) is 24.8 Å². The van der Waals surface area contributed by atoms with Crippen LogP contribution in [-0.4, -0.2) is 49.2 Å². The van der Waals surface area contributed by atoms with Crippen molar-refractivity contribution in [2.75, 3.05) is 44.7 Å². The maximum absolute atomic E-state index is 15.9.